The minimum atomic E-state index is -0.529. The van der Waals surface area contributed by atoms with Crippen molar-refractivity contribution < 1.29 is 24.0 Å². The summed E-state index contributed by atoms with van der Waals surface area (Å²) in [6.07, 6.45) is 4.91. The summed E-state index contributed by atoms with van der Waals surface area (Å²) >= 11 is 3.01. The third-order valence-electron chi connectivity index (χ3n) is 6.77. The SMILES string of the molecule is C=C(Br)C(=O)Nc1cc(C(=O)Nc2cc(C(=O)Nc3cc(C(=O)Nc4cc(C(=O)NCCC(=N)N)n(C)n4)n(C)c3)n(C)c2)n(C)c1.Cl. The molecule has 5 amide bonds. The number of nitrogens with one attached hydrogen (secondary N) is 6. The molecule has 0 aliphatic rings. The summed E-state index contributed by atoms with van der Waals surface area (Å²) < 4.78 is 6.05. The maximum absolute atomic E-state index is 13.1. The molecule has 4 heterocycles. The number of anilines is 4. The van der Waals surface area contributed by atoms with E-state index in [2.05, 4.69) is 54.2 Å². The summed E-state index contributed by atoms with van der Waals surface area (Å²) in [4.78, 5) is 63.4. The predicted molar refractivity (Wildman–Crippen MR) is 186 cm³/mol. The lowest BCUT2D eigenvalue weighted by Crippen LogP contribution is -2.29. The van der Waals surface area contributed by atoms with E-state index in [1.54, 1.807) is 51.3 Å². The van der Waals surface area contributed by atoms with Gasteiger partial charge in [-0.05, 0) is 34.1 Å². The summed E-state index contributed by atoms with van der Waals surface area (Å²) in [5, 5.41) is 24.8. The highest BCUT2D eigenvalue weighted by Crippen LogP contribution is 2.21. The number of hydrogen-bond donors (Lipinski definition) is 7. The van der Waals surface area contributed by atoms with Gasteiger partial charge in [0.25, 0.3) is 29.5 Å². The van der Waals surface area contributed by atoms with E-state index in [4.69, 9.17) is 11.1 Å². The monoisotopic (exact) mass is 744 g/mol. The molecule has 4 aromatic rings. The molecular formula is C29H34BrClN12O5. The molecule has 19 heteroatoms. The molecule has 8 N–H and O–H groups in total. The molecule has 4 rings (SSSR count). The van der Waals surface area contributed by atoms with Crippen molar-refractivity contribution in [2.24, 2.45) is 33.9 Å². The summed E-state index contributed by atoms with van der Waals surface area (Å²) in [6.45, 7) is 3.70. The lowest BCUT2D eigenvalue weighted by Gasteiger charge is -2.03. The number of nitrogens with two attached hydrogens (primary N) is 1. The number of halogens is 2. The third-order valence-corrected chi connectivity index (χ3v) is 7.13. The fourth-order valence-corrected chi connectivity index (χ4v) is 4.59. The highest BCUT2D eigenvalue weighted by molar-refractivity contribution is 9.12. The van der Waals surface area contributed by atoms with E-state index in [0.29, 0.717) is 17.1 Å². The van der Waals surface area contributed by atoms with Gasteiger partial charge in [0.15, 0.2) is 5.82 Å². The Hall–Kier alpha value is -5.62. The molecule has 0 aliphatic heterocycles. The van der Waals surface area contributed by atoms with E-state index in [1.807, 2.05) is 0 Å². The topological polar surface area (TPSA) is 228 Å². The van der Waals surface area contributed by atoms with Crippen LogP contribution in [-0.2, 0) is 33.0 Å². The van der Waals surface area contributed by atoms with Crippen LogP contribution in [0.3, 0.4) is 0 Å². The van der Waals surface area contributed by atoms with Crippen LogP contribution < -0.4 is 32.3 Å². The molecule has 0 radical (unpaired) electrons. The van der Waals surface area contributed by atoms with Gasteiger partial charge in [0, 0.05) is 65.8 Å². The zero-order valence-electron chi connectivity index (χ0n) is 26.3. The Kier molecular flexibility index (Phi) is 11.8. The normalized spacial score (nSPS) is 10.4. The first-order chi connectivity index (χ1) is 22.1. The standard InChI is InChI=1S/C29H33BrN12O5.ClH/c1-15(30)25(43)34-16-8-19(39(2)12-16)27(45)35-17-9-20(40(3)13-17)28(46)36-18-10-21(41(4)14-18)29(47)37-24-11-22(42(5)38-24)26(44)33-7-6-23(31)32;/h8-14H,1,6-7H2,2-5H3,(H3,31,32)(H,33,44)(H,34,43)(H,35,45)(H,36,46)(H,37,38,47);1H. The van der Waals surface area contributed by atoms with Crippen LogP contribution in [-0.4, -0.2) is 65.4 Å². The Bertz CT molecular complexity index is 1930. The number of carbonyl (C=O) groups is 5. The smallest absolute Gasteiger partial charge is 0.273 e. The molecule has 4 aromatic heterocycles. The van der Waals surface area contributed by atoms with Gasteiger partial charge in [-0.3, -0.25) is 34.1 Å². The second-order valence-corrected chi connectivity index (χ2v) is 11.4. The van der Waals surface area contributed by atoms with Crippen molar-refractivity contribution in [2.45, 2.75) is 6.42 Å². The maximum Gasteiger partial charge on any atom is 0.273 e. The average molecular weight is 746 g/mol. The average Bonchev–Trinajstić information content (AvgIpc) is 3.73. The van der Waals surface area contributed by atoms with E-state index in [1.165, 1.54) is 38.1 Å². The van der Waals surface area contributed by atoms with Gasteiger partial charge in [0.1, 0.15) is 22.8 Å². The van der Waals surface area contributed by atoms with Crippen molar-refractivity contribution in [3.8, 4) is 0 Å². The van der Waals surface area contributed by atoms with Gasteiger partial charge < -0.3 is 46.0 Å². The molecule has 0 unspecified atom stereocenters. The Morgan fingerprint density at radius 1 is 0.750 bits per heavy atom. The summed E-state index contributed by atoms with van der Waals surface area (Å²) in [7, 11) is 6.47. The highest BCUT2D eigenvalue weighted by Gasteiger charge is 2.20. The second-order valence-electron chi connectivity index (χ2n) is 10.5. The molecule has 0 atom stereocenters. The Morgan fingerprint density at radius 2 is 1.19 bits per heavy atom. The number of aryl methyl sites for hydroxylation is 4. The first kappa shape index (κ1) is 36.8. The van der Waals surface area contributed by atoms with Crippen LogP contribution >= 0.6 is 28.3 Å². The van der Waals surface area contributed by atoms with Crippen LogP contribution in [0.4, 0.5) is 22.9 Å². The van der Waals surface area contributed by atoms with E-state index in [0.717, 1.165) is 0 Å². The van der Waals surface area contributed by atoms with Crippen LogP contribution in [0.2, 0.25) is 0 Å². The zero-order chi connectivity index (χ0) is 34.6. The molecule has 0 aliphatic carbocycles. The maximum atomic E-state index is 13.1. The lowest BCUT2D eigenvalue weighted by atomic mass is 10.3. The van der Waals surface area contributed by atoms with Crippen molar-refractivity contribution in [1.29, 1.82) is 5.41 Å². The highest BCUT2D eigenvalue weighted by atomic mass is 79.9. The number of amidine groups is 1. The summed E-state index contributed by atoms with van der Waals surface area (Å²) in [5.41, 5.74) is 7.31. The van der Waals surface area contributed by atoms with Gasteiger partial charge in [-0.15, -0.1) is 12.4 Å². The summed E-state index contributed by atoms with van der Waals surface area (Å²) in [5.74, 6) is -2.28. The molecule has 0 saturated carbocycles. The van der Waals surface area contributed by atoms with Gasteiger partial charge in [-0.2, -0.15) is 5.10 Å². The van der Waals surface area contributed by atoms with E-state index >= 15 is 0 Å². The molecule has 0 bridgehead atoms. The van der Waals surface area contributed by atoms with Gasteiger partial charge in [-0.1, -0.05) is 6.58 Å². The molecule has 0 aromatic carbocycles. The van der Waals surface area contributed by atoms with Gasteiger partial charge in [0.05, 0.1) is 27.4 Å². The quantitative estimate of drug-likeness (QED) is 0.0651. The molecular weight excluding hydrogens is 712 g/mol. The van der Waals surface area contributed by atoms with Crippen LogP contribution in [0.15, 0.2) is 53.9 Å². The lowest BCUT2D eigenvalue weighted by molar-refractivity contribution is -0.112. The Labute approximate surface area is 288 Å². The molecule has 254 valence electrons. The van der Waals surface area contributed by atoms with Crippen molar-refractivity contribution in [1.82, 2.24) is 28.8 Å². The largest absolute Gasteiger partial charge is 0.388 e. The fourth-order valence-electron chi connectivity index (χ4n) is 4.49. The third kappa shape index (κ3) is 8.80. The first-order valence-corrected chi connectivity index (χ1v) is 14.7. The van der Waals surface area contributed by atoms with Gasteiger partial charge in [0.2, 0.25) is 0 Å². The van der Waals surface area contributed by atoms with Crippen LogP contribution in [0, 0.1) is 5.41 Å². The zero-order valence-corrected chi connectivity index (χ0v) is 28.7. The van der Waals surface area contributed by atoms with Crippen molar-refractivity contribution in [3.63, 3.8) is 0 Å². The van der Waals surface area contributed by atoms with Crippen molar-refractivity contribution >= 4 is 86.6 Å². The molecule has 48 heavy (non-hydrogen) atoms. The fraction of sp³-hybridized carbons (Fsp3) is 0.207. The predicted octanol–water partition coefficient (Wildman–Crippen LogP) is 2.52. The Morgan fingerprint density at radius 3 is 1.62 bits per heavy atom. The minimum Gasteiger partial charge on any atom is -0.388 e. The van der Waals surface area contributed by atoms with Crippen molar-refractivity contribution in [2.75, 3.05) is 27.8 Å². The van der Waals surface area contributed by atoms with Crippen molar-refractivity contribution in [3.05, 3.63) is 76.7 Å². The number of carbonyl (C=O) groups excluding carboxylic acids is 5. The second kappa shape index (κ2) is 15.3. The first-order valence-electron chi connectivity index (χ1n) is 13.9. The van der Waals surface area contributed by atoms with Crippen LogP contribution in [0.5, 0.6) is 0 Å². The van der Waals surface area contributed by atoms with E-state index < -0.39 is 29.5 Å². The molecule has 0 saturated heterocycles. The summed E-state index contributed by atoms with van der Waals surface area (Å²) in [6, 6.07) is 5.90. The Balaban J connectivity index is 0.00000625. The molecule has 0 fully saturated rings. The number of hydrogen-bond acceptors (Lipinski definition) is 7. The molecule has 17 nitrogen and oxygen atoms in total. The minimum absolute atomic E-state index is 0. The van der Waals surface area contributed by atoms with Gasteiger partial charge in [-0.25, -0.2) is 0 Å². The number of amides is 5. The van der Waals surface area contributed by atoms with Gasteiger partial charge >= 0.3 is 0 Å². The molecule has 0 spiro atoms. The van der Waals surface area contributed by atoms with E-state index in [-0.39, 0.29) is 64.3 Å². The number of rotatable bonds is 12. The van der Waals surface area contributed by atoms with Crippen LogP contribution in [0.25, 0.3) is 0 Å². The van der Waals surface area contributed by atoms with Crippen LogP contribution in [0.1, 0.15) is 48.4 Å². The number of aromatic nitrogens is 5. The van der Waals surface area contributed by atoms with E-state index in [9.17, 15) is 24.0 Å². The number of nitrogens with zero attached hydrogens (tertiary/aromatic N) is 5.